The van der Waals surface area contributed by atoms with Crippen LogP contribution in [-0.4, -0.2) is 6.61 Å². The van der Waals surface area contributed by atoms with Crippen LogP contribution in [0.3, 0.4) is 0 Å². The molecule has 0 bridgehead atoms. The summed E-state index contributed by atoms with van der Waals surface area (Å²) in [5.74, 6) is 1.43. The predicted molar refractivity (Wildman–Crippen MR) is 64.7 cm³/mol. The second-order valence-electron chi connectivity index (χ2n) is 4.74. The standard InChI is InChI=1S/C14H22O/c1-12(2)9-13(3)10-15-11-14-7-5-4-6-8-14/h4-8,12-13H,9-11H2,1-3H3/t13-/m0/s1. The van der Waals surface area contributed by atoms with Gasteiger partial charge in [0, 0.05) is 6.61 Å². The van der Waals surface area contributed by atoms with Crippen LogP contribution in [0.4, 0.5) is 0 Å². The van der Waals surface area contributed by atoms with Crippen LogP contribution in [0, 0.1) is 11.8 Å². The van der Waals surface area contributed by atoms with Crippen molar-refractivity contribution in [3.63, 3.8) is 0 Å². The van der Waals surface area contributed by atoms with Gasteiger partial charge in [-0.15, -0.1) is 0 Å². The van der Waals surface area contributed by atoms with Crippen LogP contribution in [-0.2, 0) is 11.3 Å². The minimum absolute atomic E-state index is 0.661. The van der Waals surface area contributed by atoms with Gasteiger partial charge in [-0.2, -0.15) is 0 Å². The Morgan fingerprint density at radius 3 is 2.33 bits per heavy atom. The molecule has 0 aromatic heterocycles. The molecule has 0 heterocycles. The van der Waals surface area contributed by atoms with Crippen molar-refractivity contribution in [3.05, 3.63) is 35.9 Å². The third-order valence-corrected chi connectivity index (χ3v) is 2.39. The summed E-state index contributed by atoms with van der Waals surface area (Å²) in [4.78, 5) is 0. The highest BCUT2D eigenvalue weighted by Crippen LogP contribution is 2.12. The molecule has 0 aliphatic carbocycles. The molecule has 1 nitrogen and oxygen atoms in total. The second kappa shape index (κ2) is 6.62. The van der Waals surface area contributed by atoms with Gasteiger partial charge >= 0.3 is 0 Å². The normalized spacial score (nSPS) is 13.1. The average molecular weight is 206 g/mol. The van der Waals surface area contributed by atoms with E-state index < -0.39 is 0 Å². The summed E-state index contributed by atoms with van der Waals surface area (Å²) in [6.07, 6.45) is 1.24. The van der Waals surface area contributed by atoms with E-state index in [9.17, 15) is 0 Å². The van der Waals surface area contributed by atoms with Crippen LogP contribution >= 0.6 is 0 Å². The van der Waals surface area contributed by atoms with E-state index in [1.54, 1.807) is 0 Å². The summed E-state index contributed by atoms with van der Waals surface area (Å²) >= 11 is 0. The quantitative estimate of drug-likeness (QED) is 0.686. The lowest BCUT2D eigenvalue weighted by atomic mass is 10.00. The molecule has 1 aromatic rings. The first-order valence-corrected chi connectivity index (χ1v) is 5.80. The maximum absolute atomic E-state index is 5.68. The van der Waals surface area contributed by atoms with Crippen molar-refractivity contribution in [2.24, 2.45) is 11.8 Å². The number of rotatable bonds is 6. The van der Waals surface area contributed by atoms with E-state index in [-0.39, 0.29) is 0 Å². The Morgan fingerprint density at radius 1 is 1.07 bits per heavy atom. The van der Waals surface area contributed by atoms with Gasteiger partial charge in [0.2, 0.25) is 0 Å². The van der Waals surface area contributed by atoms with Gasteiger partial charge in [-0.05, 0) is 23.8 Å². The third kappa shape index (κ3) is 5.58. The van der Waals surface area contributed by atoms with Crippen LogP contribution in [0.1, 0.15) is 32.8 Å². The van der Waals surface area contributed by atoms with E-state index in [4.69, 9.17) is 4.74 Å². The summed E-state index contributed by atoms with van der Waals surface area (Å²) in [5.41, 5.74) is 1.26. The molecule has 0 amide bonds. The molecule has 1 rings (SSSR count). The lowest BCUT2D eigenvalue weighted by Gasteiger charge is -2.14. The van der Waals surface area contributed by atoms with Crippen LogP contribution in [0.25, 0.3) is 0 Å². The van der Waals surface area contributed by atoms with Crippen molar-refractivity contribution in [1.29, 1.82) is 0 Å². The third-order valence-electron chi connectivity index (χ3n) is 2.39. The van der Waals surface area contributed by atoms with Crippen molar-refractivity contribution >= 4 is 0 Å². The van der Waals surface area contributed by atoms with Gasteiger partial charge in [0.25, 0.3) is 0 Å². The van der Waals surface area contributed by atoms with Crippen molar-refractivity contribution in [3.8, 4) is 0 Å². The highest BCUT2D eigenvalue weighted by molar-refractivity contribution is 5.13. The van der Waals surface area contributed by atoms with E-state index in [2.05, 4.69) is 45.0 Å². The average Bonchev–Trinajstić information content (AvgIpc) is 2.18. The Labute approximate surface area is 93.5 Å². The van der Waals surface area contributed by atoms with Gasteiger partial charge in [-0.3, -0.25) is 0 Å². The molecule has 0 aliphatic heterocycles. The molecular weight excluding hydrogens is 184 g/mol. The number of benzene rings is 1. The molecule has 1 aromatic carbocycles. The number of hydrogen-bond acceptors (Lipinski definition) is 1. The van der Waals surface area contributed by atoms with E-state index in [1.807, 2.05) is 6.07 Å². The lowest BCUT2D eigenvalue weighted by molar-refractivity contribution is 0.0856. The van der Waals surface area contributed by atoms with E-state index in [0.717, 1.165) is 19.1 Å². The van der Waals surface area contributed by atoms with Gasteiger partial charge in [0.1, 0.15) is 0 Å². The predicted octanol–water partition coefficient (Wildman–Crippen LogP) is 3.89. The first kappa shape index (κ1) is 12.3. The number of hydrogen-bond donors (Lipinski definition) is 0. The SMILES string of the molecule is CC(C)C[C@H](C)COCc1ccccc1. The Balaban J connectivity index is 2.16. The molecule has 15 heavy (non-hydrogen) atoms. The zero-order valence-corrected chi connectivity index (χ0v) is 10.1. The molecule has 0 aliphatic rings. The fourth-order valence-corrected chi connectivity index (χ4v) is 1.82. The molecule has 0 fully saturated rings. The minimum Gasteiger partial charge on any atom is -0.376 e. The van der Waals surface area contributed by atoms with Gasteiger partial charge in [0.05, 0.1) is 6.61 Å². The number of ether oxygens (including phenoxy) is 1. The Hall–Kier alpha value is -0.820. The maximum atomic E-state index is 5.68. The molecule has 0 spiro atoms. The zero-order chi connectivity index (χ0) is 11.1. The Morgan fingerprint density at radius 2 is 1.73 bits per heavy atom. The van der Waals surface area contributed by atoms with Gasteiger partial charge < -0.3 is 4.74 Å². The second-order valence-corrected chi connectivity index (χ2v) is 4.74. The van der Waals surface area contributed by atoms with Crippen molar-refractivity contribution in [1.82, 2.24) is 0 Å². The fraction of sp³-hybridized carbons (Fsp3) is 0.571. The molecule has 0 radical (unpaired) electrons. The highest BCUT2D eigenvalue weighted by atomic mass is 16.5. The molecule has 0 N–H and O–H groups in total. The highest BCUT2D eigenvalue weighted by Gasteiger charge is 2.04. The Kier molecular flexibility index (Phi) is 5.41. The molecule has 0 unspecified atom stereocenters. The first-order chi connectivity index (χ1) is 7.18. The van der Waals surface area contributed by atoms with Crippen LogP contribution < -0.4 is 0 Å². The lowest BCUT2D eigenvalue weighted by Crippen LogP contribution is -2.08. The molecule has 0 saturated heterocycles. The molecule has 84 valence electrons. The molecule has 1 atom stereocenters. The zero-order valence-electron chi connectivity index (χ0n) is 10.1. The van der Waals surface area contributed by atoms with E-state index in [1.165, 1.54) is 12.0 Å². The van der Waals surface area contributed by atoms with Gasteiger partial charge in [0.15, 0.2) is 0 Å². The molecule has 1 heteroatoms. The fourth-order valence-electron chi connectivity index (χ4n) is 1.82. The topological polar surface area (TPSA) is 9.23 Å². The van der Waals surface area contributed by atoms with Crippen molar-refractivity contribution < 1.29 is 4.74 Å². The summed E-state index contributed by atoms with van der Waals surface area (Å²) < 4.78 is 5.68. The first-order valence-electron chi connectivity index (χ1n) is 5.80. The minimum atomic E-state index is 0.661. The van der Waals surface area contributed by atoms with Gasteiger partial charge in [-0.1, -0.05) is 51.1 Å². The largest absolute Gasteiger partial charge is 0.376 e. The van der Waals surface area contributed by atoms with Crippen molar-refractivity contribution in [2.75, 3.05) is 6.61 Å². The molecule has 0 saturated carbocycles. The van der Waals surface area contributed by atoms with Crippen LogP contribution in [0.15, 0.2) is 30.3 Å². The van der Waals surface area contributed by atoms with Crippen molar-refractivity contribution in [2.45, 2.75) is 33.8 Å². The van der Waals surface area contributed by atoms with Gasteiger partial charge in [-0.25, -0.2) is 0 Å². The maximum Gasteiger partial charge on any atom is 0.0717 e. The Bertz CT molecular complexity index is 253. The summed E-state index contributed by atoms with van der Waals surface area (Å²) in [6, 6.07) is 10.3. The van der Waals surface area contributed by atoms with E-state index in [0.29, 0.717) is 5.92 Å². The summed E-state index contributed by atoms with van der Waals surface area (Å²) in [7, 11) is 0. The monoisotopic (exact) mass is 206 g/mol. The summed E-state index contributed by atoms with van der Waals surface area (Å²) in [6.45, 7) is 8.38. The van der Waals surface area contributed by atoms with E-state index >= 15 is 0 Å². The van der Waals surface area contributed by atoms with Crippen LogP contribution in [0.5, 0.6) is 0 Å². The smallest absolute Gasteiger partial charge is 0.0717 e. The van der Waals surface area contributed by atoms with Crippen LogP contribution in [0.2, 0.25) is 0 Å². The molecular formula is C14H22O. The summed E-state index contributed by atoms with van der Waals surface area (Å²) in [5, 5.41) is 0.